The molecule has 9 aliphatic heterocycles. The minimum atomic E-state index is -4.96. The first-order valence-electron chi connectivity index (χ1n) is 39.9. The van der Waals surface area contributed by atoms with Crippen LogP contribution in [0.2, 0.25) is 0 Å². The molecule has 122 heavy (non-hydrogen) atoms. The van der Waals surface area contributed by atoms with Gasteiger partial charge in [0, 0.05) is 117 Å². The quantitative estimate of drug-likeness (QED) is 0.0901. The van der Waals surface area contributed by atoms with Crippen LogP contribution in [0, 0.1) is 63.2 Å². The van der Waals surface area contributed by atoms with Crippen LogP contribution in [0.1, 0.15) is 146 Å². The number of nitrogens with zero attached hydrogens (tertiary/aromatic N) is 4. The van der Waals surface area contributed by atoms with Crippen LogP contribution in [0.4, 0.5) is 79.0 Å². The van der Waals surface area contributed by atoms with Crippen LogP contribution >= 0.6 is 0 Å². The highest BCUT2D eigenvalue weighted by Gasteiger charge is 2.53. The number of halogens is 18. The second kappa shape index (κ2) is 36.1. The molecule has 6 fully saturated rings. The van der Waals surface area contributed by atoms with Crippen LogP contribution in [0.3, 0.4) is 0 Å². The Labute approximate surface area is 692 Å². The van der Waals surface area contributed by atoms with Gasteiger partial charge in [0.2, 0.25) is 0 Å². The molecule has 6 aromatic carbocycles. The summed E-state index contributed by atoms with van der Waals surface area (Å²) in [5.41, 5.74) is 0.176. The third-order valence-electron chi connectivity index (χ3n) is 24.4. The first-order valence-corrected chi connectivity index (χ1v) is 39.9. The monoisotopic (exact) mass is 1730 g/mol. The molecule has 15 nitrogen and oxygen atoms in total. The van der Waals surface area contributed by atoms with E-state index in [1.165, 1.54) is 20.8 Å². The normalized spacial score (nSPS) is 26.4. The van der Waals surface area contributed by atoms with E-state index in [1.54, 1.807) is 18.2 Å². The number of likely N-dealkylation sites (tertiary alicyclic amines) is 3. The van der Waals surface area contributed by atoms with Crippen molar-refractivity contribution in [1.82, 2.24) is 19.6 Å². The van der Waals surface area contributed by atoms with Crippen molar-refractivity contribution in [1.29, 1.82) is 0 Å². The van der Waals surface area contributed by atoms with Gasteiger partial charge in [0.05, 0.1) is 91.3 Å². The maximum atomic E-state index is 13.5. The van der Waals surface area contributed by atoms with E-state index in [4.69, 9.17) is 37.9 Å². The van der Waals surface area contributed by atoms with Gasteiger partial charge in [-0.2, -0.15) is 79.0 Å². The van der Waals surface area contributed by atoms with Crippen molar-refractivity contribution in [3.8, 4) is 0 Å². The lowest BCUT2D eigenvalue weighted by Gasteiger charge is -2.41. The lowest BCUT2D eigenvalue weighted by atomic mass is 9.76. The average Bonchev–Trinajstić information content (AvgIpc) is 1.81. The zero-order chi connectivity index (χ0) is 88.2. The number of likely N-dealkylation sites (N-methyl/N-ethyl adjacent to an activating group) is 1. The van der Waals surface area contributed by atoms with Crippen LogP contribution in [-0.2, 0) is 89.3 Å². The molecule has 9 heterocycles. The molecule has 0 bridgehead atoms. The number of benzene rings is 6. The highest BCUT2D eigenvalue weighted by Crippen LogP contribution is 2.52. The molecule has 0 saturated carbocycles. The first kappa shape index (κ1) is 91.0. The molecule has 660 valence electrons. The Hall–Kier alpha value is -8.67. The zero-order valence-electron chi connectivity index (χ0n) is 67.6. The predicted octanol–water partition coefficient (Wildman–Crippen LogP) is 19.1. The predicted molar refractivity (Wildman–Crippen MR) is 408 cm³/mol. The van der Waals surface area contributed by atoms with Gasteiger partial charge in [-0.3, -0.25) is 19.3 Å². The summed E-state index contributed by atoms with van der Waals surface area (Å²) in [7, 11) is 1.89. The van der Waals surface area contributed by atoms with E-state index < -0.39 is 108 Å². The number of hydrogen-bond donors (Lipinski definition) is 0. The maximum absolute atomic E-state index is 13.5. The minimum Gasteiger partial charge on any atom is -0.373 e. The van der Waals surface area contributed by atoms with Gasteiger partial charge in [-0.05, 0) is 178 Å². The number of fused-ring (bicyclic) bond motifs is 3. The fourth-order valence-corrected chi connectivity index (χ4v) is 18.2. The lowest BCUT2D eigenvalue weighted by molar-refractivity contribution is -0.217. The fourth-order valence-electron chi connectivity index (χ4n) is 18.2. The Balaban J connectivity index is 0.000000158. The zero-order valence-corrected chi connectivity index (χ0v) is 67.6. The summed E-state index contributed by atoms with van der Waals surface area (Å²) in [5, 5.41) is 0. The van der Waals surface area contributed by atoms with E-state index in [2.05, 4.69) is 14.7 Å². The molecule has 6 saturated heterocycles. The summed E-state index contributed by atoms with van der Waals surface area (Å²) in [4.78, 5) is 44.5. The van der Waals surface area contributed by atoms with Crippen LogP contribution in [0.5, 0.6) is 0 Å². The van der Waals surface area contributed by atoms with Crippen LogP contribution in [0.15, 0.2) is 157 Å². The second-order valence-electron chi connectivity index (χ2n) is 33.1. The first-order chi connectivity index (χ1) is 57.2. The van der Waals surface area contributed by atoms with Gasteiger partial charge in [-0.15, -0.1) is 0 Å². The molecule has 15 atom stereocenters. The Bertz CT molecular complexity index is 4810. The topological polar surface area (TPSA) is 138 Å². The van der Waals surface area contributed by atoms with Gasteiger partial charge in [0.15, 0.2) is 36.2 Å². The highest BCUT2D eigenvalue weighted by atomic mass is 19.4. The SMILES string of the molecule is Cc1ccc(C)c([C@@H]2[C@@H](O[C@H](C)c3cc(C(F)(F)F)cc(C(F)(F)F)c3)OC[C@@H]3CN(C4=CC(=O)COC4)C[C@H]32)c1.Cc1ccccc1[C@@H]1[C@@H](O[C@H](C)c2cc(C(F)(F)F)cc(C(F)(F)F)c2)OC[C@@H]2CN(C3=CC(=O)CN(C)C3)C[C@H]21.Cc1ccccc1[C@@H]1[C@@H](O[C@H](C)c2cc(C(F)(F)F)cc(C(F)(F)F)c2)OC[C@@H]2CN(C3=CC(=O)COC3)C[C@H]21. The average molecular weight is 1740 g/mol. The number of rotatable bonds is 15. The minimum absolute atomic E-state index is 0.00257. The van der Waals surface area contributed by atoms with E-state index >= 15 is 0 Å². The molecule has 0 N–H and O–H groups in total. The Morgan fingerprint density at radius 3 is 0.967 bits per heavy atom. The summed E-state index contributed by atoms with van der Waals surface area (Å²) in [6, 6.07) is 25.8. The smallest absolute Gasteiger partial charge is 0.373 e. The van der Waals surface area contributed by atoms with E-state index in [0.717, 1.165) is 56.0 Å². The number of carbonyl (C=O) groups excluding carboxylic acids is 3. The number of carbonyl (C=O) groups is 3. The standard InChI is InChI=1S/C30H32F6N2O3.C30H31F6NO4.C29H29F6NO4/c1-17-6-4-5-7-25(17)27-26-15-38(23-11-24(39)14-37(3)13-23)12-20(26)16-40-28(27)41-18(2)19-8-21(29(31,32)33)10-22(9-19)30(34,35)36;1-16-4-5-17(2)25(6-16)27-26-12-37(23-10-24(38)15-39-14-23)11-20(26)13-40-28(27)41-18(3)19-7-21(29(31,32)33)9-22(8-19)30(34,35)36;1-16-5-3-4-6-24(16)26-25-12-36(22-10-23(37)15-38-14-22)11-19(25)13-39-27(26)40-17(2)18-7-20(28(30,31)32)9-21(8-18)29(33,34)35/h4-11,18,20,26-28H,12-16H2,1-3H3;4-10,18,20,26-28H,11-15H2,1-3H3;3-10,17,19,25-27H,11-15H2,1-2H3/t2*18-,20+,26-,27+,28-;17-,19+,25-,26+,27-/m111/s1. The van der Waals surface area contributed by atoms with E-state index in [1.807, 2.05) is 106 Å². The molecule has 0 aromatic heterocycles. The third-order valence-corrected chi connectivity index (χ3v) is 24.4. The third kappa shape index (κ3) is 21.1. The number of aryl methyl sites for hydroxylation is 4. The molecular formula is C89H92F18N4O11. The van der Waals surface area contributed by atoms with Gasteiger partial charge in [0.1, 0.15) is 13.2 Å². The molecule has 9 aliphatic rings. The van der Waals surface area contributed by atoms with Crippen molar-refractivity contribution in [3.05, 3.63) is 246 Å². The van der Waals surface area contributed by atoms with Crippen molar-refractivity contribution in [2.45, 2.75) is 140 Å². The lowest BCUT2D eigenvalue weighted by Crippen LogP contribution is -2.42. The van der Waals surface area contributed by atoms with Gasteiger partial charge in [-0.1, -0.05) is 72.3 Å². The molecule has 0 aliphatic carbocycles. The molecule has 0 spiro atoms. The largest absolute Gasteiger partial charge is 0.416 e. The second-order valence-corrected chi connectivity index (χ2v) is 33.1. The molecule has 0 unspecified atom stereocenters. The molecule has 0 radical (unpaired) electrons. The van der Waals surface area contributed by atoms with E-state index in [0.29, 0.717) is 122 Å². The number of ether oxygens (including phenoxy) is 8. The molecular weight excluding hydrogens is 1640 g/mol. The van der Waals surface area contributed by atoms with E-state index in [-0.39, 0.29) is 119 Å². The fraction of sp³-hybridized carbons (Fsp3) is 0.494. The van der Waals surface area contributed by atoms with Crippen LogP contribution < -0.4 is 0 Å². The number of hydrogen-bond acceptors (Lipinski definition) is 15. The maximum Gasteiger partial charge on any atom is 0.416 e. The van der Waals surface area contributed by atoms with Gasteiger partial charge < -0.3 is 52.6 Å². The Morgan fingerprint density at radius 1 is 0.352 bits per heavy atom. The number of ketones is 3. The summed E-state index contributed by atoms with van der Waals surface area (Å²) < 4.78 is 291. The van der Waals surface area contributed by atoms with Gasteiger partial charge in [0.25, 0.3) is 0 Å². The summed E-state index contributed by atoms with van der Waals surface area (Å²) in [5.74, 6) is -0.963. The molecule has 0 amide bonds. The highest BCUT2D eigenvalue weighted by molar-refractivity contribution is 5.93. The van der Waals surface area contributed by atoms with Gasteiger partial charge in [-0.25, -0.2) is 0 Å². The van der Waals surface area contributed by atoms with Crippen LogP contribution in [0.25, 0.3) is 0 Å². The molecule has 33 heteroatoms. The Kier molecular flexibility index (Phi) is 27.0. The summed E-state index contributed by atoms with van der Waals surface area (Å²) in [6.45, 7) is 18.4. The van der Waals surface area contributed by atoms with Crippen molar-refractivity contribution in [2.24, 2.45) is 35.5 Å². The molecule has 15 rings (SSSR count). The Morgan fingerprint density at radius 2 is 0.656 bits per heavy atom. The number of alkyl halides is 18. The van der Waals surface area contributed by atoms with Gasteiger partial charge >= 0.3 is 37.1 Å². The van der Waals surface area contributed by atoms with Crippen molar-refractivity contribution in [3.63, 3.8) is 0 Å². The van der Waals surface area contributed by atoms with Crippen LogP contribution in [-0.4, -0.2) is 161 Å². The van der Waals surface area contributed by atoms with Crippen molar-refractivity contribution in [2.75, 3.05) is 106 Å². The summed E-state index contributed by atoms with van der Waals surface area (Å²) >= 11 is 0. The summed E-state index contributed by atoms with van der Waals surface area (Å²) in [6.07, 6.45) is -31.0. The van der Waals surface area contributed by atoms with Crippen molar-refractivity contribution >= 4 is 17.3 Å². The van der Waals surface area contributed by atoms with E-state index in [9.17, 15) is 93.4 Å². The molecule has 6 aromatic rings. The van der Waals surface area contributed by atoms with Crippen molar-refractivity contribution < 1.29 is 131 Å².